The summed E-state index contributed by atoms with van der Waals surface area (Å²) < 4.78 is 28.5. The fourth-order valence-electron chi connectivity index (χ4n) is 3.10. The molecule has 124 valence electrons. The van der Waals surface area contributed by atoms with Crippen LogP contribution < -0.4 is 5.73 Å². The number of rotatable bonds is 7. The third-order valence-electron chi connectivity index (χ3n) is 4.48. The van der Waals surface area contributed by atoms with Gasteiger partial charge >= 0.3 is 0 Å². The minimum absolute atomic E-state index is 0.635. The summed E-state index contributed by atoms with van der Waals surface area (Å²) in [5, 5.41) is 0. The zero-order valence-corrected chi connectivity index (χ0v) is 13.9. The molecule has 0 saturated carbocycles. The van der Waals surface area contributed by atoms with Crippen LogP contribution >= 0.6 is 0 Å². The van der Waals surface area contributed by atoms with Gasteiger partial charge in [0.2, 0.25) is 0 Å². The SMILES string of the molecule is NCCCCCN1CCN(S(=O)(=O)N2CCCCC2)CC1. The highest BCUT2D eigenvalue weighted by Gasteiger charge is 2.32. The van der Waals surface area contributed by atoms with E-state index < -0.39 is 10.2 Å². The maximum absolute atomic E-state index is 12.6. The largest absolute Gasteiger partial charge is 0.330 e. The maximum Gasteiger partial charge on any atom is 0.282 e. The van der Waals surface area contributed by atoms with Crippen molar-refractivity contribution in [2.45, 2.75) is 38.5 Å². The molecule has 0 atom stereocenters. The first-order valence-corrected chi connectivity index (χ1v) is 9.72. The van der Waals surface area contributed by atoms with Crippen molar-refractivity contribution < 1.29 is 8.42 Å². The Morgan fingerprint density at radius 2 is 1.38 bits per heavy atom. The van der Waals surface area contributed by atoms with Crippen molar-refractivity contribution in [3.8, 4) is 0 Å². The van der Waals surface area contributed by atoms with Crippen molar-refractivity contribution in [3.05, 3.63) is 0 Å². The minimum atomic E-state index is -3.21. The zero-order valence-electron chi connectivity index (χ0n) is 13.0. The molecule has 0 aromatic carbocycles. The van der Waals surface area contributed by atoms with Crippen LogP contribution in [0.15, 0.2) is 0 Å². The molecule has 2 heterocycles. The van der Waals surface area contributed by atoms with E-state index in [1.807, 2.05) is 0 Å². The van der Waals surface area contributed by atoms with Gasteiger partial charge < -0.3 is 10.6 Å². The van der Waals surface area contributed by atoms with Gasteiger partial charge in [0, 0.05) is 39.3 Å². The van der Waals surface area contributed by atoms with Crippen molar-refractivity contribution in [2.24, 2.45) is 5.73 Å². The van der Waals surface area contributed by atoms with Crippen LogP contribution in [0.1, 0.15) is 38.5 Å². The van der Waals surface area contributed by atoms with Crippen molar-refractivity contribution >= 4 is 10.2 Å². The molecule has 0 unspecified atom stereocenters. The summed E-state index contributed by atoms with van der Waals surface area (Å²) >= 11 is 0. The Hall–Kier alpha value is -0.210. The molecule has 2 fully saturated rings. The first kappa shape index (κ1) is 17.1. The smallest absolute Gasteiger partial charge is 0.282 e. The van der Waals surface area contributed by atoms with Gasteiger partial charge in [-0.2, -0.15) is 17.0 Å². The first-order valence-electron chi connectivity index (χ1n) is 8.32. The first-order chi connectivity index (χ1) is 10.1. The molecule has 0 amide bonds. The molecule has 2 rings (SSSR count). The van der Waals surface area contributed by atoms with Gasteiger partial charge in [-0.15, -0.1) is 0 Å². The Balaban J connectivity index is 1.74. The third kappa shape index (κ3) is 4.89. The van der Waals surface area contributed by atoms with Crippen LogP contribution in [0.5, 0.6) is 0 Å². The van der Waals surface area contributed by atoms with Crippen LogP contribution in [0.2, 0.25) is 0 Å². The number of nitrogens with two attached hydrogens (primary N) is 1. The van der Waals surface area contributed by atoms with E-state index in [4.69, 9.17) is 5.73 Å². The summed E-state index contributed by atoms with van der Waals surface area (Å²) in [7, 11) is -3.21. The molecule has 2 saturated heterocycles. The van der Waals surface area contributed by atoms with Crippen molar-refractivity contribution in [1.82, 2.24) is 13.5 Å². The predicted octanol–water partition coefficient (Wildman–Crippen LogP) is 0.464. The Morgan fingerprint density at radius 3 is 2.00 bits per heavy atom. The van der Waals surface area contributed by atoms with Gasteiger partial charge in [-0.05, 0) is 38.8 Å². The van der Waals surface area contributed by atoms with Gasteiger partial charge in [0.05, 0.1) is 0 Å². The monoisotopic (exact) mass is 318 g/mol. The summed E-state index contributed by atoms with van der Waals surface area (Å²) in [4.78, 5) is 2.37. The number of piperazine rings is 1. The van der Waals surface area contributed by atoms with E-state index in [1.54, 1.807) is 8.61 Å². The van der Waals surface area contributed by atoms with E-state index in [2.05, 4.69) is 4.90 Å². The quantitative estimate of drug-likeness (QED) is 0.693. The molecule has 2 N–H and O–H groups in total. The average Bonchev–Trinajstić information content (AvgIpc) is 2.53. The second kappa shape index (κ2) is 8.43. The lowest BCUT2D eigenvalue weighted by Gasteiger charge is -2.37. The average molecular weight is 318 g/mol. The van der Waals surface area contributed by atoms with Crippen molar-refractivity contribution in [3.63, 3.8) is 0 Å². The Kier molecular flexibility index (Phi) is 6.88. The lowest BCUT2D eigenvalue weighted by Crippen LogP contribution is -2.53. The van der Waals surface area contributed by atoms with Gasteiger partial charge in [-0.1, -0.05) is 12.8 Å². The molecule has 0 aromatic rings. The van der Waals surface area contributed by atoms with Crippen LogP contribution in [0.4, 0.5) is 0 Å². The molecular formula is C14H30N4O2S. The van der Waals surface area contributed by atoms with Crippen molar-refractivity contribution in [2.75, 3.05) is 52.4 Å². The van der Waals surface area contributed by atoms with Crippen LogP contribution in [0.25, 0.3) is 0 Å². The number of hydrogen-bond donors (Lipinski definition) is 1. The van der Waals surface area contributed by atoms with Gasteiger partial charge in [-0.25, -0.2) is 0 Å². The molecule has 0 spiro atoms. The van der Waals surface area contributed by atoms with Gasteiger partial charge in [-0.3, -0.25) is 0 Å². The van der Waals surface area contributed by atoms with E-state index in [-0.39, 0.29) is 0 Å². The standard InChI is InChI=1S/C14H30N4O2S/c15-7-3-1-4-8-16-11-13-18(14-12-16)21(19,20)17-9-5-2-6-10-17/h1-15H2. The summed E-state index contributed by atoms with van der Waals surface area (Å²) in [5.41, 5.74) is 5.49. The molecule has 2 aliphatic heterocycles. The fourth-order valence-corrected chi connectivity index (χ4v) is 4.77. The summed E-state index contributed by atoms with van der Waals surface area (Å²) in [5.74, 6) is 0. The second-order valence-corrected chi connectivity index (χ2v) is 7.99. The normalized spacial score (nSPS) is 23.5. The van der Waals surface area contributed by atoms with E-state index in [0.29, 0.717) is 26.2 Å². The minimum Gasteiger partial charge on any atom is -0.330 e. The number of piperidine rings is 1. The molecule has 0 bridgehead atoms. The Bertz CT molecular complexity index is 388. The van der Waals surface area contributed by atoms with E-state index in [1.165, 1.54) is 6.42 Å². The molecule has 7 heteroatoms. The Labute approximate surface area is 129 Å². The highest BCUT2D eigenvalue weighted by molar-refractivity contribution is 7.86. The molecule has 0 aromatic heterocycles. The topological polar surface area (TPSA) is 69.9 Å². The molecule has 21 heavy (non-hydrogen) atoms. The number of unbranched alkanes of at least 4 members (excludes halogenated alkanes) is 2. The van der Waals surface area contributed by atoms with Gasteiger partial charge in [0.15, 0.2) is 0 Å². The van der Waals surface area contributed by atoms with Gasteiger partial charge in [0.1, 0.15) is 0 Å². The van der Waals surface area contributed by atoms with Crippen molar-refractivity contribution in [1.29, 1.82) is 0 Å². The van der Waals surface area contributed by atoms with Crippen LogP contribution in [-0.4, -0.2) is 74.3 Å². The van der Waals surface area contributed by atoms with E-state index in [0.717, 1.165) is 58.3 Å². The van der Waals surface area contributed by atoms with Crippen LogP contribution in [0.3, 0.4) is 0 Å². The highest BCUT2D eigenvalue weighted by Crippen LogP contribution is 2.18. The molecule has 0 radical (unpaired) electrons. The number of nitrogens with zero attached hydrogens (tertiary/aromatic N) is 3. The zero-order chi connectivity index (χ0) is 15.1. The van der Waals surface area contributed by atoms with E-state index >= 15 is 0 Å². The van der Waals surface area contributed by atoms with Crippen LogP contribution in [0, 0.1) is 0 Å². The molecule has 0 aliphatic carbocycles. The second-order valence-electron chi connectivity index (χ2n) is 6.06. The summed E-state index contributed by atoms with van der Waals surface area (Å²) in [6.07, 6.45) is 6.57. The summed E-state index contributed by atoms with van der Waals surface area (Å²) in [6.45, 7) is 6.21. The van der Waals surface area contributed by atoms with E-state index in [9.17, 15) is 8.42 Å². The molecular weight excluding hydrogens is 288 g/mol. The van der Waals surface area contributed by atoms with Gasteiger partial charge in [0.25, 0.3) is 10.2 Å². The fraction of sp³-hybridized carbons (Fsp3) is 1.00. The van der Waals surface area contributed by atoms with Crippen LogP contribution in [-0.2, 0) is 10.2 Å². The molecule has 2 aliphatic rings. The third-order valence-corrected chi connectivity index (χ3v) is 6.51. The molecule has 6 nitrogen and oxygen atoms in total. The predicted molar refractivity (Wildman–Crippen MR) is 85.3 cm³/mol. The maximum atomic E-state index is 12.6. The Morgan fingerprint density at radius 1 is 0.762 bits per heavy atom. The highest BCUT2D eigenvalue weighted by atomic mass is 32.2. The lowest BCUT2D eigenvalue weighted by molar-refractivity contribution is 0.176. The summed E-state index contributed by atoms with van der Waals surface area (Å²) in [6, 6.07) is 0. The number of hydrogen-bond acceptors (Lipinski definition) is 4. The lowest BCUT2D eigenvalue weighted by atomic mass is 10.2.